The summed E-state index contributed by atoms with van der Waals surface area (Å²) < 4.78 is 7.49. The van der Waals surface area contributed by atoms with E-state index >= 15 is 0 Å². The van der Waals surface area contributed by atoms with Crippen LogP contribution in [0.3, 0.4) is 0 Å². The first-order valence-electron chi connectivity index (χ1n) is 7.28. The van der Waals surface area contributed by atoms with Crippen LogP contribution >= 0.6 is 0 Å². The number of benzene rings is 1. The third kappa shape index (κ3) is 4.10. The van der Waals surface area contributed by atoms with E-state index in [1.807, 2.05) is 19.3 Å². The van der Waals surface area contributed by atoms with Crippen LogP contribution in [0.25, 0.3) is 0 Å². The summed E-state index contributed by atoms with van der Waals surface area (Å²) in [5.41, 5.74) is 2.41. The molecule has 2 aromatic rings. The quantitative estimate of drug-likeness (QED) is 0.747. The summed E-state index contributed by atoms with van der Waals surface area (Å²) in [4.78, 5) is 4.38. The molecule has 0 fully saturated rings. The standard InChI is InChI=1S/C16H23N3O/c1-3-14-7-5-8-15(13-14)18-16-17-9-11-19(16)10-6-12-20-4-2/h5,7-9,11,13H,3-4,6,10,12H2,1-2H3,(H,17,18). The van der Waals surface area contributed by atoms with E-state index in [0.29, 0.717) is 0 Å². The van der Waals surface area contributed by atoms with Crippen molar-refractivity contribution < 1.29 is 4.74 Å². The van der Waals surface area contributed by atoms with Gasteiger partial charge in [0, 0.05) is 37.8 Å². The minimum Gasteiger partial charge on any atom is -0.382 e. The Morgan fingerprint density at radius 3 is 3.00 bits per heavy atom. The van der Waals surface area contributed by atoms with E-state index in [4.69, 9.17) is 4.74 Å². The fraction of sp³-hybridized carbons (Fsp3) is 0.438. The Hall–Kier alpha value is -1.81. The van der Waals surface area contributed by atoms with E-state index in [1.165, 1.54) is 5.56 Å². The van der Waals surface area contributed by atoms with Crippen molar-refractivity contribution in [1.29, 1.82) is 0 Å². The van der Waals surface area contributed by atoms with Crippen LogP contribution < -0.4 is 5.32 Å². The molecule has 4 heteroatoms. The van der Waals surface area contributed by atoms with Gasteiger partial charge < -0.3 is 14.6 Å². The summed E-state index contributed by atoms with van der Waals surface area (Å²) in [6.07, 6.45) is 5.86. The predicted octanol–water partition coefficient (Wildman–Crippen LogP) is 3.62. The summed E-state index contributed by atoms with van der Waals surface area (Å²) in [6.45, 7) is 6.66. The zero-order valence-electron chi connectivity index (χ0n) is 12.3. The lowest BCUT2D eigenvalue weighted by molar-refractivity contribution is 0.142. The Morgan fingerprint density at radius 1 is 1.30 bits per heavy atom. The van der Waals surface area contributed by atoms with Gasteiger partial charge in [-0.3, -0.25) is 0 Å². The maximum Gasteiger partial charge on any atom is 0.207 e. The molecule has 0 bridgehead atoms. The van der Waals surface area contributed by atoms with Gasteiger partial charge in [-0.05, 0) is 37.5 Å². The number of anilines is 2. The van der Waals surface area contributed by atoms with E-state index in [-0.39, 0.29) is 0 Å². The molecule has 1 aromatic heterocycles. The number of nitrogens with one attached hydrogen (secondary N) is 1. The summed E-state index contributed by atoms with van der Waals surface area (Å²) in [6, 6.07) is 8.45. The molecule has 0 aliphatic rings. The van der Waals surface area contributed by atoms with Crippen LogP contribution in [0, 0.1) is 0 Å². The lowest BCUT2D eigenvalue weighted by Gasteiger charge is -2.10. The zero-order chi connectivity index (χ0) is 14.2. The molecule has 0 unspecified atom stereocenters. The molecule has 1 heterocycles. The van der Waals surface area contributed by atoms with E-state index in [1.54, 1.807) is 0 Å². The van der Waals surface area contributed by atoms with E-state index in [0.717, 1.165) is 44.2 Å². The molecule has 20 heavy (non-hydrogen) atoms. The van der Waals surface area contributed by atoms with Crippen molar-refractivity contribution >= 4 is 11.6 Å². The molecular weight excluding hydrogens is 250 g/mol. The van der Waals surface area contributed by atoms with Crippen LogP contribution in [-0.4, -0.2) is 22.8 Å². The minimum atomic E-state index is 0.777. The van der Waals surface area contributed by atoms with Crippen molar-refractivity contribution in [3.63, 3.8) is 0 Å². The van der Waals surface area contributed by atoms with Crippen molar-refractivity contribution in [3.05, 3.63) is 42.2 Å². The first-order chi connectivity index (χ1) is 9.83. The first kappa shape index (κ1) is 14.6. The molecule has 2 rings (SSSR count). The number of imidazole rings is 1. The Bertz CT molecular complexity index is 522. The van der Waals surface area contributed by atoms with Gasteiger partial charge in [0.25, 0.3) is 0 Å². The maximum absolute atomic E-state index is 5.37. The number of hydrogen-bond donors (Lipinski definition) is 1. The van der Waals surface area contributed by atoms with Gasteiger partial charge in [-0.1, -0.05) is 19.1 Å². The van der Waals surface area contributed by atoms with Crippen molar-refractivity contribution in [1.82, 2.24) is 9.55 Å². The largest absolute Gasteiger partial charge is 0.382 e. The minimum absolute atomic E-state index is 0.777. The molecule has 0 aliphatic heterocycles. The highest BCUT2D eigenvalue weighted by molar-refractivity contribution is 5.54. The van der Waals surface area contributed by atoms with Crippen LogP contribution in [0.4, 0.5) is 11.6 Å². The Morgan fingerprint density at radius 2 is 2.20 bits per heavy atom. The fourth-order valence-corrected chi connectivity index (χ4v) is 2.09. The van der Waals surface area contributed by atoms with E-state index in [2.05, 4.69) is 46.1 Å². The molecule has 4 nitrogen and oxygen atoms in total. The molecule has 108 valence electrons. The van der Waals surface area contributed by atoms with Crippen molar-refractivity contribution in [2.75, 3.05) is 18.5 Å². The van der Waals surface area contributed by atoms with Gasteiger partial charge in [0.1, 0.15) is 0 Å². The summed E-state index contributed by atoms with van der Waals surface area (Å²) in [5.74, 6) is 0.884. The molecule has 0 aliphatic carbocycles. The molecule has 0 radical (unpaired) electrons. The second kappa shape index (κ2) is 7.70. The highest BCUT2D eigenvalue weighted by atomic mass is 16.5. The van der Waals surface area contributed by atoms with Crippen LogP contribution in [0.15, 0.2) is 36.7 Å². The molecule has 0 atom stereocenters. The summed E-state index contributed by atoms with van der Waals surface area (Å²) >= 11 is 0. The van der Waals surface area contributed by atoms with Crippen molar-refractivity contribution in [2.45, 2.75) is 33.2 Å². The van der Waals surface area contributed by atoms with Crippen molar-refractivity contribution in [3.8, 4) is 0 Å². The number of aromatic nitrogens is 2. The van der Waals surface area contributed by atoms with Gasteiger partial charge in [-0.15, -0.1) is 0 Å². The molecule has 0 spiro atoms. The number of hydrogen-bond acceptors (Lipinski definition) is 3. The lowest BCUT2D eigenvalue weighted by Crippen LogP contribution is -2.06. The van der Waals surface area contributed by atoms with Crippen LogP contribution in [0.1, 0.15) is 25.8 Å². The summed E-state index contributed by atoms with van der Waals surface area (Å²) in [5, 5.41) is 3.38. The van der Waals surface area contributed by atoms with Crippen LogP contribution in [0.5, 0.6) is 0 Å². The molecular formula is C16H23N3O. The van der Waals surface area contributed by atoms with Gasteiger partial charge >= 0.3 is 0 Å². The zero-order valence-corrected chi connectivity index (χ0v) is 12.3. The number of aryl methyl sites for hydroxylation is 2. The average molecular weight is 273 g/mol. The third-order valence-electron chi connectivity index (χ3n) is 3.20. The monoisotopic (exact) mass is 273 g/mol. The number of nitrogens with zero attached hydrogens (tertiary/aromatic N) is 2. The molecule has 0 saturated carbocycles. The Balaban J connectivity index is 1.97. The number of ether oxygens (including phenoxy) is 1. The van der Waals surface area contributed by atoms with Crippen LogP contribution in [0.2, 0.25) is 0 Å². The van der Waals surface area contributed by atoms with Gasteiger partial charge in [-0.2, -0.15) is 0 Å². The predicted molar refractivity (Wildman–Crippen MR) is 82.4 cm³/mol. The summed E-state index contributed by atoms with van der Waals surface area (Å²) in [7, 11) is 0. The van der Waals surface area contributed by atoms with E-state index in [9.17, 15) is 0 Å². The topological polar surface area (TPSA) is 39.1 Å². The molecule has 0 amide bonds. The Kier molecular flexibility index (Phi) is 5.62. The molecule has 1 N–H and O–H groups in total. The van der Waals surface area contributed by atoms with Crippen molar-refractivity contribution in [2.24, 2.45) is 0 Å². The SMILES string of the molecule is CCOCCCn1ccnc1Nc1cccc(CC)c1. The fourth-order valence-electron chi connectivity index (χ4n) is 2.09. The number of rotatable bonds is 8. The van der Waals surface area contributed by atoms with E-state index < -0.39 is 0 Å². The molecule has 0 saturated heterocycles. The Labute approximate surface area is 120 Å². The van der Waals surface area contributed by atoms with Gasteiger partial charge in [0.15, 0.2) is 0 Å². The highest BCUT2D eigenvalue weighted by Crippen LogP contribution is 2.17. The molecule has 1 aromatic carbocycles. The maximum atomic E-state index is 5.37. The average Bonchev–Trinajstić information content (AvgIpc) is 2.91. The van der Waals surface area contributed by atoms with Crippen LogP contribution in [-0.2, 0) is 17.7 Å². The first-order valence-corrected chi connectivity index (χ1v) is 7.28. The highest BCUT2D eigenvalue weighted by Gasteiger charge is 2.03. The third-order valence-corrected chi connectivity index (χ3v) is 3.20. The van der Waals surface area contributed by atoms with Gasteiger partial charge in [0.2, 0.25) is 5.95 Å². The second-order valence-corrected chi connectivity index (χ2v) is 4.67. The lowest BCUT2D eigenvalue weighted by atomic mass is 10.1. The van der Waals surface area contributed by atoms with Gasteiger partial charge in [0.05, 0.1) is 0 Å². The second-order valence-electron chi connectivity index (χ2n) is 4.67. The van der Waals surface area contributed by atoms with Gasteiger partial charge in [-0.25, -0.2) is 4.98 Å². The smallest absolute Gasteiger partial charge is 0.207 e. The normalized spacial score (nSPS) is 10.7.